The fourth-order valence-corrected chi connectivity index (χ4v) is 3.31. The van der Waals surface area contributed by atoms with Crippen LogP contribution in [-0.2, 0) is 11.3 Å². The predicted molar refractivity (Wildman–Crippen MR) is 102 cm³/mol. The van der Waals surface area contributed by atoms with Crippen LogP contribution in [0.3, 0.4) is 0 Å². The van der Waals surface area contributed by atoms with Crippen molar-refractivity contribution in [1.82, 2.24) is 15.2 Å². The SMILES string of the molecule is COc1ncccc1C(=O)N1CCC(C(=O)NCc2ccc(C)c(F)c2)CC1. The van der Waals surface area contributed by atoms with Gasteiger partial charge in [0.05, 0.1) is 7.11 Å². The lowest BCUT2D eigenvalue weighted by Crippen LogP contribution is -2.43. The van der Waals surface area contributed by atoms with Crippen molar-refractivity contribution in [3.63, 3.8) is 0 Å². The number of carbonyl (C=O) groups excluding carboxylic acids is 2. The van der Waals surface area contributed by atoms with Crippen LogP contribution in [0.1, 0.15) is 34.3 Å². The Hall–Kier alpha value is -2.96. The number of carbonyl (C=O) groups is 2. The fourth-order valence-electron chi connectivity index (χ4n) is 3.31. The highest BCUT2D eigenvalue weighted by Crippen LogP contribution is 2.22. The minimum atomic E-state index is -0.274. The minimum Gasteiger partial charge on any atom is -0.480 e. The number of piperidine rings is 1. The summed E-state index contributed by atoms with van der Waals surface area (Å²) < 4.78 is 18.8. The number of hydrogen-bond donors (Lipinski definition) is 1. The van der Waals surface area contributed by atoms with Crippen LogP contribution in [0.25, 0.3) is 0 Å². The Morgan fingerprint density at radius 1 is 1.29 bits per heavy atom. The van der Waals surface area contributed by atoms with Gasteiger partial charge in [-0.1, -0.05) is 12.1 Å². The highest BCUT2D eigenvalue weighted by atomic mass is 19.1. The van der Waals surface area contributed by atoms with Crippen molar-refractivity contribution in [2.45, 2.75) is 26.3 Å². The molecule has 0 spiro atoms. The summed E-state index contributed by atoms with van der Waals surface area (Å²) in [6.45, 7) is 2.98. The van der Waals surface area contributed by atoms with Crippen LogP contribution in [0.2, 0.25) is 0 Å². The molecule has 0 atom stereocenters. The fraction of sp³-hybridized carbons (Fsp3) is 0.381. The zero-order chi connectivity index (χ0) is 20.1. The summed E-state index contributed by atoms with van der Waals surface area (Å²) in [6, 6.07) is 8.34. The van der Waals surface area contributed by atoms with Crippen LogP contribution in [-0.4, -0.2) is 41.9 Å². The minimum absolute atomic E-state index is 0.0629. The molecule has 0 unspecified atom stereocenters. The first-order chi connectivity index (χ1) is 13.5. The van der Waals surface area contributed by atoms with E-state index >= 15 is 0 Å². The molecule has 2 amide bonds. The van der Waals surface area contributed by atoms with Crippen LogP contribution in [0.15, 0.2) is 36.5 Å². The predicted octanol–water partition coefficient (Wildman–Crippen LogP) is 2.71. The molecule has 1 N–H and O–H groups in total. The van der Waals surface area contributed by atoms with Gasteiger partial charge in [0.25, 0.3) is 5.91 Å². The van der Waals surface area contributed by atoms with Crippen LogP contribution < -0.4 is 10.1 Å². The molecule has 0 radical (unpaired) electrons. The molecule has 3 rings (SSSR count). The molecule has 1 aliphatic rings. The second-order valence-corrected chi connectivity index (χ2v) is 6.93. The van der Waals surface area contributed by atoms with Gasteiger partial charge < -0.3 is 15.0 Å². The van der Waals surface area contributed by atoms with Crippen LogP contribution in [0.4, 0.5) is 4.39 Å². The van der Waals surface area contributed by atoms with Gasteiger partial charge in [-0.15, -0.1) is 0 Å². The molecule has 0 aliphatic carbocycles. The number of methoxy groups -OCH3 is 1. The van der Waals surface area contributed by atoms with Crippen LogP contribution >= 0.6 is 0 Å². The number of pyridine rings is 1. The monoisotopic (exact) mass is 385 g/mol. The van der Waals surface area contributed by atoms with Crippen LogP contribution in [0, 0.1) is 18.7 Å². The zero-order valence-electron chi connectivity index (χ0n) is 16.1. The molecule has 7 heteroatoms. The second kappa shape index (κ2) is 8.82. The Morgan fingerprint density at radius 3 is 2.71 bits per heavy atom. The van der Waals surface area contributed by atoms with Crippen molar-refractivity contribution in [3.8, 4) is 5.88 Å². The Labute approximate surface area is 163 Å². The third-order valence-corrected chi connectivity index (χ3v) is 5.05. The molecule has 28 heavy (non-hydrogen) atoms. The topological polar surface area (TPSA) is 71.5 Å². The molecule has 1 aromatic heterocycles. The molecular formula is C21H24FN3O3. The van der Waals surface area contributed by atoms with Gasteiger partial charge in [-0.25, -0.2) is 9.37 Å². The summed E-state index contributed by atoms with van der Waals surface area (Å²) >= 11 is 0. The number of ether oxygens (including phenoxy) is 1. The Kier molecular flexibility index (Phi) is 6.23. The van der Waals surface area contributed by atoms with E-state index in [0.717, 1.165) is 5.56 Å². The smallest absolute Gasteiger partial charge is 0.259 e. The van der Waals surface area contributed by atoms with E-state index in [9.17, 15) is 14.0 Å². The quantitative estimate of drug-likeness (QED) is 0.859. The molecule has 2 heterocycles. The molecule has 2 aromatic rings. The summed E-state index contributed by atoms with van der Waals surface area (Å²) in [6.07, 6.45) is 2.75. The third kappa shape index (κ3) is 4.47. The number of nitrogens with one attached hydrogen (secondary N) is 1. The number of hydrogen-bond acceptors (Lipinski definition) is 4. The summed E-state index contributed by atoms with van der Waals surface area (Å²) in [7, 11) is 1.48. The molecule has 148 valence electrons. The summed E-state index contributed by atoms with van der Waals surface area (Å²) in [4.78, 5) is 30.9. The van der Waals surface area contributed by atoms with E-state index < -0.39 is 0 Å². The normalized spacial score (nSPS) is 14.6. The molecule has 1 aliphatic heterocycles. The van der Waals surface area contributed by atoms with Crippen molar-refractivity contribution in [2.24, 2.45) is 5.92 Å². The second-order valence-electron chi connectivity index (χ2n) is 6.93. The van der Waals surface area contributed by atoms with Gasteiger partial charge in [-0.2, -0.15) is 0 Å². The lowest BCUT2D eigenvalue weighted by molar-refractivity contribution is -0.126. The van der Waals surface area contributed by atoms with Crippen LogP contribution in [0.5, 0.6) is 5.88 Å². The number of halogens is 1. The molecular weight excluding hydrogens is 361 g/mol. The summed E-state index contributed by atoms with van der Waals surface area (Å²) in [5, 5.41) is 2.87. The average molecular weight is 385 g/mol. The maximum absolute atomic E-state index is 13.6. The maximum atomic E-state index is 13.6. The standard InChI is InChI=1S/C21H24FN3O3/c1-14-5-6-15(12-18(14)22)13-24-19(26)16-7-10-25(11-8-16)21(27)17-4-3-9-23-20(17)28-2/h3-6,9,12,16H,7-8,10-11,13H2,1-2H3,(H,24,26). The van der Waals surface area contributed by atoms with E-state index in [4.69, 9.17) is 4.74 Å². The molecule has 0 bridgehead atoms. The number of amides is 2. The van der Waals surface area contributed by atoms with Gasteiger partial charge in [0.15, 0.2) is 0 Å². The van der Waals surface area contributed by atoms with E-state index in [1.165, 1.54) is 13.2 Å². The van der Waals surface area contributed by atoms with Gasteiger partial charge in [0, 0.05) is 31.7 Å². The van der Waals surface area contributed by atoms with Crippen molar-refractivity contribution < 1.29 is 18.7 Å². The number of benzene rings is 1. The molecule has 0 saturated carbocycles. The van der Waals surface area contributed by atoms with Crippen molar-refractivity contribution in [3.05, 3.63) is 59.0 Å². The third-order valence-electron chi connectivity index (χ3n) is 5.05. The van der Waals surface area contributed by atoms with E-state index in [-0.39, 0.29) is 23.5 Å². The van der Waals surface area contributed by atoms with E-state index in [0.29, 0.717) is 49.5 Å². The number of aryl methyl sites for hydroxylation is 1. The Bertz CT molecular complexity index is 864. The summed E-state index contributed by atoms with van der Waals surface area (Å²) in [5.41, 5.74) is 1.74. The first-order valence-corrected chi connectivity index (χ1v) is 9.30. The van der Waals surface area contributed by atoms with E-state index in [1.54, 1.807) is 42.3 Å². The highest BCUT2D eigenvalue weighted by Gasteiger charge is 2.29. The first-order valence-electron chi connectivity index (χ1n) is 9.30. The van der Waals surface area contributed by atoms with Gasteiger partial charge >= 0.3 is 0 Å². The van der Waals surface area contributed by atoms with Gasteiger partial charge in [0.1, 0.15) is 11.4 Å². The first kappa shape index (κ1) is 19.8. The molecule has 1 saturated heterocycles. The number of likely N-dealkylation sites (tertiary alicyclic amines) is 1. The lowest BCUT2D eigenvalue weighted by Gasteiger charge is -2.31. The number of rotatable bonds is 5. The highest BCUT2D eigenvalue weighted by molar-refractivity contribution is 5.96. The molecule has 6 nitrogen and oxygen atoms in total. The Balaban J connectivity index is 1.52. The zero-order valence-corrected chi connectivity index (χ0v) is 16.1. The van der Waals surface area contributed by atoms with Crippen molar-refractivity contribution in [1.29, 1.82) is 0 Å². The van der Waals surface area contributed by atoms with Gasteiger partial charge in [-0.3, -0.25) is 9.59 Å². The number of nitrogens with zero attached hydrogens (tertiary/aromatic N) is 2. The molecule has 1 aromatic carbocycles. The average Bonchev–Trinajstić information content (AvgIpc) is 2.74. The van der Waals surface area contributed by atoms with Gasteiger partial charge in [0.2, 0.25) is 11.8 Å². The van der Waals surface area contributed by atoms with E-state index in [2.05, 4.69) is 10.3 Å². The number of aromatic nitrogens is 1. The maximum Gasteiger partial charge on any atom is 0.259 e. The van der Waals surface area contributed by atoms with Crippen molar-refractivity contribution in [2.75, 3.05) is 20.2 Å². The Morgan fingerprint density at radius 2 is 2.04 bits per heavy atom. The van der Waals surface area contributed by atoms with Crippen molar-refractivity contribution >= 4 is 11.8 Å². The largest absolute Gasteiger partial charge is 0.480 e. The lowest BCUT2D eigenvalue weighted by atomic mass is 9.95. The summed E-state index contributed by atoms with van der Waals surface area (Å²) in [5.74, 6) is -0.330. The molecule has 1 fully saturated rings. The van der Waals surface area contributed by atoms with Gasteiger partial charge in [-0.05, 0) is 49.1 Å². The van der Waals surface area contributed by atoms with E-state index in [1.807, 2.05) is 0 Å².